The molecular formula is C126H82N4S4. The average Bonchev–Trinajstić information content (AvgIpc) is 1.74. The maximum Gasteiger partial charge on any atom is 0.0540 e. The third kappa shape index (κ3) is 14.6. The molecule has 0 radical (unpaired) electrons. The minimum atomic E-state index is 1.03. The van der Waals surface area contributed by atoms with Crippen molar-refractivity contribution in [2.45, 2.75) is 0 Å². The first-order chi connectivity index (χ1) is 66.4. The predicted octanol–water partition coefficient (Wildman–Crippen LogP) is 38.4. The molecule has 0 spiro atoms. The first-order valence-electron chi connectivity index (χ1n) is 45.5. The lowest BCUT2D eigenvalue weighted by Crippen LogP contribution is -2.11. The van der Waals surface area contributed by atoms with Gasteiger partial charge in [-0.3, -0.25) is 0 Å². The van der Waals surface area contributed by atoms with Crippen LogP contribution < -0.4 is 19.6 Å². The molecule has 630 valence electrons. The van der Waals surface area contributed by atoms with Crippen molar-refractivity contribution in [3.63, 3.8) is 0 Å². The molecule has 0 aliphatic heterocycles. The second-order valence-electron chi connectivity index (χ2n) is 34.2. The Balaban J connectivity index is 0.677. The summed E-state index contributed by atoms with van der Waals surface area (Å²) >= 11 is 7.51. The Hall–Kier alpha value is -16.3. The lowest BCUT2D eigenvalue weighted by molar-refractivity contribution is 1.29. The molecule has 21 aromatic carbocycles. The van der Waals surface area contributed by atoms with E-state index in [4.69, 9.17) is 0 Å². The van der Waals surface area contributed by atoms with Crippen molar-refractivity contribution >= 4 is 194 Å². The SMILES string of the molecule is c1ccc(-c2cc(-c3cc(N(c4ccccc4)c4cccc(-c5cccc(-c6cc(-c7cc(N(c8ccccc8)c8ccccc8)cc8c7sc7ccccc78)cc(-c7cc(N(c8ccccc8)c8ccccc8)cc8c7sc7ccccc78)c6)c5)c4)cc4c3sc3ccccc34)cc(-c3cc(N(c4ccccc4)c4ccccc4-c4ccccc4)cc4c3sc3ccccc34)c2)cc1. The van der Waals surface area contributed by atoms with E-state index in [0.717, 1.165) is 152 Å². The Labute approximate surface area is 793 Å². The Bertz CT molecular complexity index is 8460. The number of thiophene rings is 4. The number of nitrogens with zero attached hydrogens (tertiary/aromatic N) is 4. The topological polar surface area (TPSA) is 13.0 Å². The zero-order valence-electron chi connectivity index (χ0n) is 72.8. The van der Waals surface area contributed by atoms with Crippen molar-refractivity contribution in [1.82, 2.24) is 0 Å². The fraction of sp³-hybridized carbons (Fsp3) is 0. The standard InChI is InChI=1S/C126H82N4S4/c1-9-37-83(38-10-1)88-68-90(72-91(69-88)113-78-104(82-117-109-61-29-34-66-122(109)134-126(113)117)130(99-54-23-8-24-55-99)118-62-30-25-57-105(118)84-39-11-2-12-40-84)112-77-103(81-116-108-60-28-33-65-121(108)133-125(112)116)129(98-52-21-7-22-53-98)100-56-36-43-87(74-100)85-41-35-42-86(67-85)89-70-92(110-75-101(79-114-106-58-26-31-63-119(106)131-123(110)114)127(94-44-13-3-14-45-94)95-46-15-4-16-47-95)73-93(71-89)111-76-102(80-115-107-59-27-32-64-120(107)132-124(111)115)128(96-48-17-5-18-49-96)97-50-19-6-20-51-97/h1-82H. The second-order valence-corrected chi connectivity index (χ2v) is 38.4. The molecule has 0 unspecified atom stereocenters. The molecule has 4 nitrogen and oxygen atoms in total. The molecule has 0 aliphatic carbocycles. The number of hydrogen-bond donors (Lipinski definition) is 0. The van der Waals surface area contributed by atoms with Gasteiger partial charge in [-0.2, -0.15) is 0 Å². The summed E-state index contributed by atoms with van der Waals surface area (Å²) in [5, 5.41) is 9.79. The van der Waals surface area contributed by atoms with E-state index in [1.807, 2.05) is 45.3 Å². The molecule has 0 aliphatic rings. The fourth-order valence-corrected chi connectivity index (χ4v) is 24.8. The second kappa shape index (κ2) is 34.2. The number of para-hydroxylation sites is 7. The van der Waals surface area contributed by atoms with Crippen LogP contribution in [0, 0.1) is 0 Å². The summed E-state index contributed by atoms with van der Waals surface area (Å²) in [5.41, 5.74) is 31.0. The van der Waals surface area contributed by atoms with E-state index in [1.165, 1.54) is 86.3 Å². The maximum absolute atomic E-state index is 2.49. The van der Waals surface area contributed by atoms with Gasteiger partial charge in [-0.1, -0.05) is 291 Å². The van der Waals surface area contributed by atoms with Crippen molar-refractivity contribution in [3.05, 3.63) is 497 Å². The summed E-state index contributed by atoms with van der Waals surface area (Å²) in [6.07, 6.45) is 0. The van der Waals surface area contributed by atoms with Gasteiger partial charge in [0.25, 0.3) is 0 Å². The van der Waals surface area contributed by atoms with Gasteiger partial charge in [-0.25, -0.2) is 0 Å². The van der Waals surface area contributed by atoms with Crippen molar-refractivity contribution in [2.24, 2.45) is 0 Å². The van der Waals surface area contributed by atoms with E-state index in [1.54, 1.807) is 0 Å². The monoisotopic (exact) mass is 1780 g/mol. The van der Waals surface area contributed by atoms with Crippen LogP contribution >= 0.6 is 45.3 Å². The first kappa shape index (κ1) is 79.8. The number of hydrogen-bond acceptors (Lipinski definition) is 8. The molecule has 8 heteroatoms. The van der Waals surface area contributed by atoms with Gasteiger partial charge in [0, 0.05) is 171 Å². The Kier molecular flexibility index (Phi) is 20.4. The number of rotatable bonds is 20. The van der Waals surface area contributed by atoms with Crippen LogP contribution in [0.2, 0.25) is 0 Å². The van der Waals surface area contributed by atoms with Crippen molar-refractivity contribution in [3.8, 4) is 89.0 Å². The zero-order valence-corrected chi connectivity index (χ0v) is 76.0. The molecule has 0 saturated carbocycles. The first-order valence-corrected chi connectivity index (χ1v) is 48.7. The largest absolute Gasteiger partial charge is 0.310 e. The highest BCUT2D eigenvalue weighted by molar-refractivity contribution is 7.27. The number of fused-ring (bicyclic) bond motifs is 12. The van der Waals surface area contributed by atoms with Gasteiger partial charge in [0.15, 0.2) is 0 Å². The Morgan fingerprint density at radius 2 is 0.351 bits per heavy atom. The van der Waals surface area contributed by atoms with Gasteiger partial charge in [0.05, 0.1) is 5.69 Å². The van der Waals surface area contributed by atoms with E-state index >= 15 is 0 Å². The maximum atomic E-state index is 2.49. The molecule has 4 aromatic heterocycles. The van der Waals surface area contributed by atoms with Crippen LogP contribution in [0.5, 0.6) is 0 Å². The molecule has 25 aromatic rings. The van der Waals surface area contributed by atoms with Crippen molar-refractivity contribution in [2.75, 3.05) is 19.6 Å². The van der Waals surface area contributed by atoms with E-state index in [0.29, 0.717) is 0 Å². The van der Waals surface area contributed by atoms with E-state index < -0.39 is 0 Å². The quantitative estimate of drug-likeness (QED) is 0.0754. The smallest absolute Gasteiger partial charge is 0.0540 e. The summed E-state index contributed by atoms with van der Waals surface area (Å²) in [6.45, 7) is 0. The summed E-state index contributed by atoms with van der Waals surface area (Å²) in [6, 6.07) is 185. The van der Waals surface area contributed by atoms with Gasteiger partial charge in [-0.05, 0) is 267 Å². The molecule has 0 bridgehead atoms. The van der Waals surface area contributed by atoms with Gasteiger partial charge in [-0.15, -0.1) is 45.3 Å². The molecule has 25 rings (SSSR count). The van der Waals surface area contributed by atoms with Crippen LogP contribution in [0.15, 0.2) is 497 Å². The van der Waals surface area contributed by atoms with E-state index in [2.05, 4.69) is 517 Å². The van der Waals surface area contributed by atoms with Crippen LogP contribution in [0.1, 0.15) is 0 Å². The van der Waals surface area contributed by atoms with E-state index in [-0.39, 0.29) is 0 Å². The number of anilines is 12. The van der Waals surface area contributed by atoms with Crippen LogP contribution in [0.3, 0.4) is 0 Å². The molecule has 0 saturated heterocycles. The fourth-order valence-electron chi connectivity index (χ4n) is 19.9. The molecule has 4 heterocycles. The summed E-state index contributed by atoms with van der Waals surface area (Å²) in [4.78, 5) is 9.79. The summed E-state index contributed by atoms with van der Waals surface area (Å²) < 4.78 is 9.92. The molecule has 0 atom stereocenters. The van der Waals surface area contributed by atoms with E-state index in [9.17, 15) is 0 Å². The Morgan fingerprint density at radius 3 is 0.709 bits per heavy atom. The predicted molar refractivity (Wildman–Crippen MR) is 580 cm³/mol. The van der Waals surface area contributed by atoms with Gasteiger partial charge >= 0.3 is 0 Å². The van der Waals surface area contributed by atoms with Crippen molar-refractivity contribution in [1.29, 1.82) is 0 Å². The van der Waals surface area contributed by atoms with Crippen molar-refractivity contribution < 1.29 is 0 Å². The third-order valence-electron chi connectivity index (χ3n) is 26.1. The minimum absolute atomic E-state index is 1.03. The highest BCUT2D eigenvalue weighted by Crippen LogP contribution is 2.55. The third-order valence-corrected chi connectivity index (χ3v) is 30.9. The molecule has 0 N–H and O–H groups in total. The van der Waals surface area contributed by atoms with Crippen LogP contribution in [-0.4, -0.2) is 0 Å². The highest BCUT2D eigenvalue weighted by Gasteiger charge is 2.28. The van der Waals surface area contributed by atoms with Crippen LogP contribution in [-0.2, 0) is 0 Å². The van der Waals surface area contributed by atoms with Crippen LogP contribution in [0.4, 0.5) is 68.2 Å². The number of benzene rings is 21. The average molecular weight is 1780 g/mol. The molecule has 0 amide bonds. The highest BCUT2D eigenvalue weighted by atomic mass is 32.1. The van der Waals surface area contributed by atoms with Gasteiger partial charge < -0.3 is 19.6 Å². The Morgan fingerprint density at radius 1 is 0.119 bits per heavy atom. The molecular weight excluding hydrogens is 1700 g/mol. The lowest BCUT2D eigenvalue weighted by atomic mass is 9.90. The lowest BCUT2D eigenvalue weighted by Gasteiger charge is -2.28. The summed E-state index contributed by atoms with van der Waals surface area (Å²) in [5.74, 6) is 0. The van der Waals surface area contributed by atoms with Gasteiger partial charge in [0.1, 0.15) is 0 Å². The normalized spacial score (nSPS) is 11.6. The van der Waals surface area contributed by atoms with Crippen LogP contribution in [0.25, 0.3) is 170 Å². The van der Waals surface area contributed by atoms with Gasteiger partial charge in [0.2, 0.25) is 0 Å². The molecule has 134 heavy (non-hydrogen) atoms. The molecule has 0 fully saturated rings. The zero-order chi connectivity index (χ0) is 88.5. The summed E-state index contributed by atoms with van der Waals surface area (Å²) in [7, 11) is 0. The minimum Gasteiger partial charge on any atom is -0.310 e.